The van der Waals surface area contributed by atoms with E-state index in [-0.39, 0.29) is 5.56 Å². The van der Waals surface area contributed by atoms with Crippen LogP contribution in [0.5, 0.6) is 0 Å². The van der Waals surface area contributed by atoms with Gasteiger partial charge >= 0.3 is 0 Å². The van der Waals surface area contributed by atoms with E-state index in [0.29, 0.717) is 24.4 Å². The highest BCUT2D eigenvalue weighted by Crippen LogP contribution is 2.21. The monoisotopic (exact) mass is 374 g/mol. The van der Waals surface area contributed by atoms with Crippen LogP contribution in [-0.4, -0.2) is 38.3 Å². The fraction of sp³-hybridized carbons (Fsp3) is 0.286. The Balaban J connectivity index is 1.44. The van der Waals surface area contributed by atoms with Gasteiger partial charge < -0.3 is 15.0 Å². The first-order valence-electron chi connectivity index (χ1n) is 9.67. The Labute approximate surface area is 162 Å². The van der Waals surface area contributed by atoms with Crippen LogP contribution in [0.1, 0.15) is 12.1 Å². The van der Waals surface area contributed by atoms with Gasteiger partial charge in [-0.2, -0.15) is 5.10 Å². The molecule has 4 aromatic rings. The summed E-state index contributed by atoms with van der Waals surface area (Å²) in [6.07, 6.45) is 7.47. The molecule has 1 aliphatic rings. The van der Waals surface area contributed by atoms with Crippen LogP contribution >= 0.6 is 0 Å². The van der Waals surface area contributed by atoms with Gasteiger partial charge in [0.25, 0.3) is 5.56 Å². The Kier molecular flexibility index (Phi) is 4.29. The van der Waals surface area contributed by atoms with Gasteiger partial charge in [0, 0.05) is 42.5 Å². The topological polar surface area (TPSA) is 76.2 Å². The van der Waals surface area contributed by atoms with Gasteiger partial charge in [0.15, 0.2) is 0 Å². The quantitative estimate of drug-likeness (QED) is 0.559. The van der Waals surface area contributed by atoms with Crippen molar-refractivity contribution in [3.8, 4) is 0 Å². The van der Waals surface area contributed by atoms with E-state index in [1.807, 2.05) is 53.2 Å². The third-order valence-electron chi connectivity index (χ3n) is 5.29. The summed E-state index contributed by atoms with van der Waals surface area (Å²) in [5.74, 6) is 0. The molecule has 0 spiro atoms. The number of nitrogens with zero attached hydrogens (tertiary/aromatic N) is 4. The molecule has 1 atom stereocenters. The zero-order valence-corrected chi connectivity index (χ0v) is 15.5. The Bertz CT molecular complexity index is 1160. The maximum Gasteiger partial charge on any atom is 0.276 e. The summed E-state index contributed by atoms with van der Waals surface area (Å²) >= 11 is 0. The Morgan fingerprint density at radius 3 is 3.04 bits per heavy atom. The Morgan fingerprint density at radius 2 is 2.18 bits per heavy atom. The predicted molar refractivity (Wildman–Crippen MR) is 110 cm³/mol. The highest BCUT2D eigenvalue weighted by molar-refractivity contribution is 5.92. The van der Waals surface area contributed by atoms with Crippen LogP contribution in [0.25, 0.3) is 16.4 Å². The summed E-state index contributed by atoms with van der Waals surface area (Å²) in [5, 5.41) is 12.8. The second-order valence-corrected chi connectivity index (χ2v) is 7.23. The second kappa shape index (κ2) is 7.09. The number of pyridine rings is 1. The second-order valence-electron chi connectivity index (χ2n) is 7.23. The van der Waals surface area contributed by atoms with Crippen LogP contribution in [0, 0.1) is 0 Å². The third kappa shape index (κ3) is 3.14. The fourth-order valence-electron chi connectivity index (χ4n) is 3.84. The summed E-state index contributed by atoms with van der Waals surface area (Å²) in [7, 11) is 0. The number of hydrogen-bond acceptors (Lipinski definition) is 5. The van der Waals surface area contributed by atoms with Crippen LogP contribution < -0.4 is 16.2 Å². The molecule has 0 aliphatic carbocycles. The number of imidazole rings is 1. The highest BCUT2D eigenvalue weighted by atomic mass is 16.1. The van der Waals surface area contributed by atoms with Crippen molar-refractivity contribution in [3.05, 3.63) is 71.0 Å². The van der Waals surface area contributed by atoms with Crippen molar-refractivity contribution in [1.82, 2.24) is 24.5 Å². The number of anilines is 1. The van der Waals surface area contributed by atoms with Crippen molar-refractivity contribution >= 4 is 22.1 Å². The van der Waals surface area contributed by atoms with Crippen LogP contribution in [0.3, 0.4) is 0 Å². The van der Waals surface area contributed by atoms with Gasteiger partial charge in [0.2, 0.25) is 0 Å². The Morgan fingerprint density at radius 1 is 1.21 bits per heavy atom. The molecule has 28 heavy (non-hydrogen) atoms. The molecule has 7 heteroatoms. The van der Waals surface area contributed by atoms with Gasteiger partial charge in [-0.1, -0.05) is 18.2 Å². The molecule has 2 N–H and O–H groups in total. The van der Waals surface area contributed by atoms with E-state index in [4.69, 9.17) is 0 Å². The van der Waals surface area contributed by atoms with Crippen molar-refractivity contribution in [2.75, 3.05) is 18.4 Å². The van der Waals surface area contributed by atoms with Gasteiger partial charge in [-0.05, 0) is 31.2 Å². The van der Waals surface area contributed by atoms with E-state index in [9.17, 15) is 4.79 Å². The number of fused-ring (bicyclic) bond motifs is 2. The summed E-state index contributed by atoms with van der Waals surface area (Å²) < 4.78 is 3.54. The summed E-state index contributed by atoms with van der Waals surface area (Å²) in [6, 6.07) is 12.2. The molecule has 7 nitrogen and oxygen atoms in total. The maximum atomic E-state index is 13.1. The van der Waals surface area contributed by atoms with E-state index in [1.54, 1.807) is 10.9 Å². The van der Waals surface area contributed by atoms with Crippen molar-refractivity contribution in [2.45, 2.75) is 25.4 Å². The smallest absolute Gasteiger partial charge is 0.276 e. The molecule has 4 heterocycles. The SMILES string of the molecule is O=c1c2c(NC3CCNC3)cccc2cnn1CCc1cn2ccccc2n1. The first-order valence-corrected chi connectivity index (χ1v) is 9.67. The van der Waals surface area contributed by atoms with Gasteiger partial charge in [0.05, 0.1) is 23.8 Å². The van der Waals surface area contributed by atoms with Crippen LogP contribution in [0.4, 0.5) is 5.69 Å². The maximum absolute atomic E-state index is 13.1. The van der Waals surface area contributed by atoms with Crippen LogP contribution in [0.15, 0.2) is 59.8 Å². The van der Waals surface area contributed by atoms with Crippen LogP contribution in [-0.2, 0) is 13.0 Å². The minimum atomic E-state index is -0.0599. The molecule has 0 radical (unpaired) electrons. The summed E-state index contributed by atoms with van der Waals surface area (Å²) in [6.45, 7) is 2.43. The highest BCUT2D eigenvalue weighted by Gasteiger charge is 2.16. The molecule has 0 bridgehead atoms. The van der Waals surface area contributed by atoms with E-state index < -0.39 is 0 Å². The zero-order chi connectivity index (χ0) is 18.9. The zero-order valence-electron chi connectivity index (χ0n) is 15.5. The lowest BCUT2D eigenvalue weighted by Crippen LogP contribution is -2.27. The lowest BCUT2D eigenvalue weighted by Gasteiger charge is -2.15. The lowest BCUT2D eigenvalue weighted by molar-refractivity contribution is 0.580. The van der Waals surface area contributed by atoms with E-state index >= 15 is 0 Å². The van der Waals surface area contributed by atoms with Gasteiger partial charge in [-0.25, -0.2) is 9.67 Å². The molecule has 142 valence electrons. The van der Waals surface area contributed by atoms with Crippen molar-refractivity contribution in [1.29, 1.82) is 0 Å². The summed E-state index contributed by atoms with van der Waals surface area (Å²) in [5.41, 5.74) is 2.69. The molecule has 5 rings (SSSR count). The average molecular weight is 374 g/mol. The third-order valence-corrected chi connectivity index (χ3v) is 5.29. The first-order chi connectivity index (χ1) is 13.8. The number of benzene rings is 1. The molecular weight excluding hydrogens is 352 g/mol. The van der Waals surface area contributed by atoms with Gasteiger partial charge in [-0.15, -0.1) is 0 Å². The number of aromatic nitrogens is 4. The molecule has 3 aromatic heterocycles. The fourth-order valence-corrected chi connectivity index (χ4v) is 3.84. The molecule has 1 aliphatic heterocycles. The minimum Gasteiger partial charge on any atom is -0.380 e. The molecule has 0 saturated carbocycles. The number of aryl methyl sites for hydroxylation is 2. The van der Waals surface area contributed by atoms with Gasteiger partial charge in [0.1, 0.15) is 5.65 Å². The lowest BCUT2D eigenvalue weighted by atomic mass is 10.1. The molecular formula is C21H22N6O. The Hall–Kier alpha value is -3.19. The molecule has 1 saturated heterocycles. The molecule has 1 unspecified atom stereocenters. The van der Waals surface area contributed by atoms with Crippen molar-refractivity contribution < 1.29 is 0 Å². The first kappa shape index (κ1) is 16.9. The van der Waals surface area contributed by atoms with Crippen molar-refractivity contribution in [2.24, 2.45) is 0 Å². The van der Waals surface area contributed by atoms with Crippen LogP contribution in [0.2, 0.25) is 0 Å². The average Bonchev–Trinajstić information content (AvgIpc) is 3.36. The van der Waals surface area contributed by atoms with E-state index in [2.05, 4.69) is 20.7 Å². The van der Waals surface area contributed by atoms with E-state index in [1.165, 1.54) is 0 Å². The standard InChI is InChI=1S/C21H22N6O/c28-21-20-15(4-3-5-18(20)24-16-7-9-22-13-16)12-23-27(21)11-8-17-14-26-10-2-1-6-19(26)25-17/h1-6,10,12,14,16,22,24H,7-9,11,13H2. The van der Waals surface area contributed by atoms with Crippen molar-refractivity contribution in [3.63, 3.8) is 0 Å². The number of hydrogen-bond donors (Lipinski definition) is 2. The number of nitrogens with one attached hydrogen (secondary N) is 2. The largest absolute Gasteiger partial charge is 0.380 e. The molecule has 1 aromatic carbocycles. The molecule has 0 amide bonds. The van der Waals surface area contributed by atoms with E-state index in [0.717, 1.165) is 41.9 Å². The minimum absolute atomic E-state index is 0.0599. The normalized spacial score (nSPS) is 16.8. The predicted octanol–water partition coefficient (Wildman–Crippen LogP) is 2.06. The number of rotatable bonds is 5. The molecule has 1 fully saturated rings. The summed E-state index contributed by atoms with van der Waals surface area (Å²) in [4.78, 5) is 17.7. The van der Waals surface area contributed by atoms with Gasteiger partial charge in [-0.3, -0.25) is 4.79 Å².